The quantitative estimate of drug-likeness (QED) is 0.432. The van der Waals surface area contributed by atoms with Gasteiger partial charge >= 0.3 is 12.5 Å². The van der Waals surface area contributed by atoms with Crippen LogP contribution in [0.3, 0.4) is 0 Å². The van der Waals surface area contributed by atoms with Gasteiger partial charge in [0.2, 0.25) is 5.76 Å². The zero-order valence-electron chi connectivity index (χ0n) is 14.1. The Morgan fingerprint density at radius 1 is 1.26 bits per heavy atom. The van der Waals surface area contributed by atoms with Crippen LogP contribution in [0, 0.1) is 6.92 Å². The standard InChI is InChI=1S/C19H13ClF2N2O3/c1-10-11-5-4-6-12(20)17(11)27-16(10)18(25)26-9-15-23-13-7-2-3-8-14(13)24(15)19(21)22/h2-8,19H,9H2,1H3. The maximum atomic E-state index is 13.4. The van der Waals surface area contributed by atoms with Gasteiger partial charge in [-0.15, -0.1) is 0 Å². The molecule has 4 rings (SSSR count). The lowest BCUT2D eigenvalue weighted by Crippen LogP contribution is -2.10. The number of aryl methyl sites for hydroxylation is 1. The van der Waals surface area contributed by atoms with E-state index in [-0.39, 0.29) is 17.1 Å². The number of ether oxygens (including phenoxy) is 1. The van der Waals surface area contributed by atoms with Gasteiger partial charge < -0.3 is 9.15 Å². The fourth-order valence-corrected chi connectivity index (χ4v) is 3.23. The van der Waals surface area contributed by atoms with Crippen LogP contribution in [-0.2, 0) is 11.3 Å². The second-order valence-electron chi connectivity index (χ2n) is 5.91. The summed E-state index contributed by atoms with van der Waals surface area (Å²) in [6, 6.07) is 11.6. The molecule has 0 aliphatic heterocycles. The first-order valence-corrected chi connectivity index (χ1v) is 8.44. The molecule has 0 spiro atoms. The minimum absolute atomic E-state index is 0.0159. The highest BCUT2D eigenvalue weighted by molar-refractivity contribution is 6.35. The second-order valence-corrected chi connectivity index (χ2v) is 6.32. The number of halogens is 3. The van der Waals surface area contributed by atoms with Gasteiger partial charge in [0.05, 0.1) is 16.1 Å². The number of hydrogen-bond donors (Lipinski definition) is 0. The summed E-state index contributed by atoms with van der Waals surface area (Å²) in [5.41, 5.74) is 1.61. The molecule has 0 radical (unpaired) electrons. The Labute approximate surface area is 157 Å². The van der Waals surface area contributed by atoms with Gasteiger partial charge in [-0.3, -0.25) is 4.57 Å². The van der Waals surface area contributed by atoms with E-state index in [9.17, 15) is 13.6 Å². The summed E-state index contributed by atoms with van der Waals surface area (Å²) in [5.74, 6) is -0.836. The molecule has 8 heteroatoms. The maximum absolute atomic E-state index is 13.4. The third kappa shape index (κ3) is 2.94. The second kappa shape index (κ2) is 6.66. The van der Waals surface area contributed by atoms with Crippen molar-refractivity contribution in [3.05, 3.63) is 64.6 Å². The minimum atomic E-state index is -2.81. The number of nitrogens with zero attached hydrogens (tertiary/aromatic N) is 2. The SMILES string of the molecule is Cc1c(C(=O)OCc2nc3ccccc3n2C(F)F)oc2c(Cl)cccc12. The molecule has 0 aliphatic rings. The highest BCUT2D eigenvalue weighted by Gasteiger charge is 2.23. The van der Waals surface area contributed by atoms with Crippen LogP contribution in [0.2, 0.25) is 5.02 Å². The summed E-state index contributed by atoms with van der Waals surface area (Å²) < 4.78 is 38.3. The number of aromatic nitrogens is 2. The molecule has 0 amide bonds. The Hall–Kier alpha value is -2.93. The summed E-state index contributed by atoms with van der Waals surface area (Å²) in [6.45, 7) is -1.52. The highest BCUT2D eigenvalue weighted by atomic mass is 35.5. The zero-order valence-corrected chi connectivity index (χ0v) is 14.8. The number of benzene rings is 2. The van der Waals surface area contributed by atoms with Gasteiger partial charge in [-0.25, -0.2) is 9.78 Å². The van der Waals surface area contributed by atoms with E-state index in [1.165, 1.54) is 6.07 Å². The Morgan fingerprint density at radius 2 is 2.04 bits per heavy atom. The first-order valence-electron chi connectivity index (χ1n) is 8.06. The lowest BCUT2D eigenvalue weighted by atomic mass is 10.1. The number of alkyl halides is 2. The average molecular weight is 391 g/mol. The molecule has 27 heavy (non-hydrogen) atoms. The summed E-state index contributed by atoms with van der Waals surface area (Å²) in [4.78, 5) is 16.6. The van der Waals surface area contributed by atoms with Gasteiger partial charge in [-0.2, -0.15) is 8.78 Å². The van der Waals surface area contributed by atoms with Gasteiger partial charge in [0.1, 0.15) is 6.61 Å². The van der Waals surface area contributed by atoms with Gasteiger partial charge in [-0.1, -0.05) is 35.9 Å². The molecular formula is C19H13ClF2N2O3. The molecule has 0 N–H and O–H groups in total. The first-order chi connectivity index (χ1) is 13.0. The molecule has 138 valence electrons. The van der Waals surface area contributed by atoms with Crippen molar-refractivity contribution in [2.45, 2.75) is 20.1 Å². The summed E-state index contributed by atoms with van der Waals surface area (Å²) in [5, 5.41) is 1.06. The van der Waals surface area contributed by atoms with Crippen molar-refractivity contribution in [1.29, 1.82) is 0 Å². The monoisotopic (exact) mass is 390 g/mol. The minimum Gasteiger partial charge on any atom is -0.452 e. The van der Waals surface area contributed by atoms with Crippen molar-refractivity contribution in [3.63, 3.8) is 0 Å². The van der Waals surface area contributed by atoms with Crippen LogP contribution in [-0.4, -0.2) is 15.5 Å². The number of esters is 1. The Bertz CT molecular complexity index is 1170. The van der Waals surface area contributed by atoms with Crippen molar-refractivity contribution < 1.29 is 22.7 Å². The van der Waals surface area contributed by atoms with Crippen LogP contribution in [0.1, 0.15) is 28.5 Å². The van der Waals surface area contributed by atoms with Crippen LogP contribution in [0.4, 0.5) is 8.78 Å². The molecular weight excluding hydrogens is 378 g/mol. The fraction of sp³-hybridized carbons (Fsp3) is 0.158. The molecule has 0 saturated heterocycles. The van der Waals surface area contributed by atoms with E-state index in [4.69, 9.17) is 20.8 Å². The van der Waals surface area contributed by atoms with E-state index in [1.54, 1.807) is 43.3 Å². The number of imidazole rings is 1. The predicted octanol–water partition coefficient (Wildman–Crippen LogP) is 5.50. The number of furan rings is 1. The fourth-order valence-electron chi connectivity index (χ4n) is 3.01. The van der Waals surface area contributed by atoms with E-state index >= 15 is 0 Å². The normalized spacial score (nSPS) is 11.6. The Balaban J connectivity index is 1.64. The molecule has 2 aromatic heterocycles. The van der Waals surface area contributed by atoms with Crippen LogP contribution >= 0.6 is 11.6 Å². The van der Waals surface area contributed by atoms with E-state index in [1.807, 2.05) is 0 Å². The lowest BCUT2D eigenvalue weighted by molar-refractivity contribution is 0.0359. The molecule has 0 bridgehead atoms. The third-order valence-electron chi connectivity index (χ3n) is 4.30. The van der Waals surface area contributed by atoms with Crippen LogP contribution < -0.4 is 0 Å². The van der Waals surface area contributed by atoms with E-state index in [2.05, 4.69) is 4.98 Å². The lowest BCUT2D eigenvalue weighted by Gasteiger charge is -2.08. The number of hydrogen-bond acceptors (Lipinski definition) is 4. The summed E-state index contributed by atoms with van der Waals surface area (Å²) >= 11 is 6.08. The van der Waals surface area contributed by atoms with E-state index in [0.717, 1.165) is 4.57 Å². The van der Waals surface area contributed by atoms with E-state index < -0.39 is 19.1 Å². The first kappa shape index (κ1) is 17.5. The largest absolute Gasteiger partial charge is 0.452 e. The van der Waals surface area contributed by atoms with Gasteiger partial charge in [0, 0.05) is 10.9 Å². The van der Waals surface area contributed by atoms with Crippen LogP contribution in [0.15, 0.2) is 46.9 Å². The van der Waals surface area contributed by atoms with Crippen molar-refractivity contribution >= 4 is 39.6 Å². The number of rotatable bonds is 4. The van der Waals surface area contributed by atoms with Crippen LogP contribution in [0.25, 0.3) is 22.0 Å². The molecule has 4 aromatic rings. The molecule has 0 fully saturated rings. The molecule has 5 nitrogen and oxygen atoms in total. The van der Waals surface area contributed by atoms with Crippen LogP contribution in [0.5, 0.6) is 0 Å². The third-order valence-corrected chi connectivity index (χ3v) is 4.60. The maximum Gasteiger partial charge on any atom is 0.375 e. The molecule has 2 aromatic carbocycles. The highest BCUT2D eigenvalue weighted by Crippen LogP contribution is 2.31. The number of fused-ring (bicyclic) bond motifs is 2. The smallest absolute Gasteiger partial charge is 0.375 e. The van der Waals surface area contributed by atoms with Gasteiger partial charge in [0.25, 0.3) is 0 Å². The Kier molecular flexibility index (Phi) is 4.31. The zero-order chi connectivity index (χ0) is 19.1. The summed E-state index contributed by atoms with van der Waals surface area (Å²) in [7, 11) is 0. The average Bonchev–Trinajstić information content (AvgIpc) is 3.19. The van der Waals surface area contributed by atoms with Crippen molar-refractivity contribution in [2.75, 3.05) is 0 Å². The number of carbonyl (C=O) groups is 1. The topological polar surface area (TPSA) is 57.3 Å². The summed E-state index contributed by atoms with van der Waals surface area (Å²) in [6.07, 6.45) is 0. The number of carbonyl (C=O) groups excluding carboxylic acids is 1. The molecule has 0 aliphatic carbocycles. The molecule has 0 unspecified atom stereocenters. The van der Waals surface area contributed by atoms with Crippen molar-refractivity contribution in [2.24, 2.45) is 0 Å². The number of para-hydroxylation sites is 3. The Morgan fingerprint density at radius 3 is 2.78 bits per heavy atom. The van der Waals surface area contributed by atoms with Crippen molar-refractivity contribution in [3.8, 4) is 0 Å². The van der Waals surface area contributed by atoms with Gasteiger partial charge in [0.15, 0.2) is 11.4 Å². The van der Waals surface area contributed by atoms with Crippen molar-refractivity contribution in [1.82, 2.24) is 9.55 Å². The van der Waals surface area contributed by atoms with E-state index in [0.29, 0.717) is 27.1 Å². The molecule has 0 atom stereocenters. The predicted molar refractivity (Wildman–Crippen MR) is 96.1 cm³/mol. The molecule has 0 saturated carbocycles. The van der Waals surface area contributed by atoms with Gasteiger partial charge in [-0.05, 0) is 25.1 Å². The molecule has 2 heterocycles.